The molecule has 0 saturated heterocycles. The first-order chi connectivity index (χ1) is 10.6. The van der Waals surface area contributed by atoms with Crippen LogP contribution in [0.25, 0.3) is 0 Å². The summed E-state index contributed by atoms with van der Waals surface area (Å²) in [5, 5.41) is 6.37. The summed E-state index contributed by atoms with van der Waals surface area (Å²) >= 11 is 0. The highest BCUT2D eigenvalue weighted by Gasteiger charge is 2.11. The normalized spacial score (nSPS) is 13.0. The highest BCUT2D eigenvalue weighted by Crippen LogP contribution is 2.25. The van der Waals surface area contributed by atoms with Gasteiger partial charge in [0.2, 0.25) is 0 Å². The van der Waals surface area contributed by atoms with E-state index in [1.165, 1.54) is 11.3 Å². The maximum absolute atomic E-state index is 12.4. The number of hydrogen-bond donors (Lipinski definition) is 2. The molecule has 1 amide bonds. The van der Waals surface area contributed by atoms with Crippen LogP contribution in [0.1, 0.15) is 22.3 Å². The lowest BCUT2D eigenvalue weighted by atomic mass is 10.0. The van der Waals surface area contributed by atoms with Crippen molar-refractivity contribution in [1.29, 1.82) is 0 Å². The van der Waals surface area contributed by atoms with Gasteiger partial charge in [-0.3, -0.25) is 4.79 Å². The topological polar surface area (TPSA) is 44.4 Å². The molecule has 2 N–H and O–H groups in total. The van der Waals surface area contributed by atoms with E-state index in [2.05, 4.69) is 16.7 Å². The van der Waals surface area contributed by atoms with E-state index in [1.54, 1.807) is 0 Å². The maximum Gasteiger partial charge on any atom is 0.255 e. The fourth-order valence-electron chi connectivity index (χ4n) is 2.68. The number of amides is 1. The van der Waals surface area contributed by atoms with Gasteiger partial charge >= 0.3 is 0 Å². The number of carbonyl (C=O) groups is 1. The Morgan fingerprint density at radius 2 is 2.05 bits per heavy atom. The van der Waals surface area contributed by atoms with Gasteiger partial charge in [-0.15, -0.1) is 0 Å². The highest BCUT2D eigenvalue weighted by atomic mass is 16.1. The number of nitrogens with one attached hydrogen (secondary N) is 2. The molecule has 2 aromatic carbocycles. The highest BCUT2D eigenvalue weighted by molar-refractivity contribution is 6.05. The summed E-state index contributed by atoms with van der Waals surface area (Å²) in [6.07, 6.45) is 2.19. The van der Waals surface area contributed by atoms with Crippen LogP contribution in [0.5, 0.6) is 0 Å². The molecule has 0 saturated carbocycles. The molecule has 22 heavy (non-hydrogen) atoms. The Balaban J connectivity index is 1.78. The lowest BCUT2D eigenvalue weighted by Crippen LogP contribution is -2.15. The minimum atomic E-state index is -0.0765. The third-order valence-electron chi connectivity index (χ3n) is 3.93. The van der Waals surface area contributed by atoms with Crippen molar-refractivity contribution in [2.24, 2.45) is 0 Å². The van der Waals surface area contributed by atoms with E-state index in [1.807, 2.05) is 55.4 Å². The lowest BCUT2D eigenvalue weighted by molar-refractivity contribution is 0.102. The van der Waals surface area contributed by atoms with Gasteiger partial charge in [0.25, 0.3) is 5.91 Å². The molecule has 0 aliphatic carbocycles. The Morgan fingerprint density at radius 3 is 2.86 bits per heavy atom. The molecule has 114 valence electrons. The van der Waals surface area contributed by atoms with Gasteiger partial charge in [0.15, 0.2) is 0 Å². The third kappa shape index (κ3) is 3.06. The van der Waals surface area contributed by atoms with Gasteiger partial charge in [-0.1, -0.05) is 6.07 Å². The van der Waals surface area contributed by atoms with Crippen molar-refractivity contribution in [2.75, 3.05) is 36.2 Å². The Morgan fingerprint density at radius 1 is 1.18 bits per heavy atom. The zero-order chi connectivity index (χ0) is 15.5. The zero-order valence-electron chi connectivity index (χ0n) is 13.0. The first-order valence-electron chi connectivity index (χ1n) is 7.59. The van der Waals surface area contributed by atoms with Crippen LogP contribution in [-0.4, -0.2) is 26.5 Å². The van der Waals surface area contributed by atoms with Crippen LogP contribution in [-0.2, 0) is 6.42 Å². The predicted octanol–water partition coefficient (Wildman–Crippen LogP) is 3.36. The van der Waals surface area contributed by atoms with E-state index in [0.29, 0.717) is 5.56 Å². The van der Waals surface area contributed by atoms with Gasteiger partial charge in [0.05, 0.1) is 0 Å². The minimum Gasteiger partial charge on any atom is -0.385 e. The van der Waals surface area contributed by atoms with Gasteiger partial charge in [-0.2, -0.15) is 0 Å². The van der Waals surface area contributed by atoms with Gasteiger partial charge in [0.1, 0.15) is 0 Å². The lowest BCUT2D eigenvalue weighted by Gasteiger charge is -2.19. The summed E-state index contributed by atoms with van der Waals surface area (Å²) < 4.78 is 0. The molecule has 0 bridgehead atoms. The summed E-state index contributed by atoms with van der Waals surface area (Å²) in [7, 11) is 3.93. The number of anilines is 3. The Kier molecular flexibility index (Phi) is 4.00. The average Bonchev–Trinajstić information content (AvgIpc) is 2.55. The molecule has 0 atom stereocenters. The number of aryl methyl sites for hydroxylation is 1. The van der Waals surface area contributed by atoms with Crippen molar-refractivity contribution in [1.82, 2.24) is 0 Å². The van der Waals surface area contributed by atoms with Crippen molar-refractivity contribution in [3.05, 3.63) is 53.6 Å². The molecule has 0 fully saturated rings. The maximum atomic E-state index is 12.4. The molecule has 0 spiro atoms. The van der Waals surface area contributed by atoms with Crippen LogP contribution in [0, 0.1) is 0 Å². The van der Waals surface area contributed by atoms with Crippen molar-refractivity contribution in [3.63, 3.8) is 0 Å². The molecular formula is C18H21N3O. The predicted molar refractivity (Wildman–Crippen MR) is 92.0 cm³/mol. The first kappa shape index (κ1) is 14.4. The average molecular weight is 295 g/mol. The van der Waals surface area contributed by atoms with Crippen LogP contribution in [0.3, 0.4) is 0 Å². The van der Waals surface area contributed by atoms with E-state index >= 15 is 0 Å². The van der Waals surface area contributed by atoms with Gasteiger partial charge < -0.3 is 15.5 Å². The van der Waals surface area contributed by atoms with Crippen molar-refractivity contribution in [3.8, 4) is 0 Å². The smallest absolute Gasteiger partial charge is 0.255 e. The van der Waals surface area contributed by atoms with Gasteiger partial charge in [0, 0.05) is 43.3 Å². The van der Waals surface area contributed by atoms with Crippen LogP contribution in [0.2, 0.25) is 0 Å². The Bertz CT molecular complexity index is 694. The summed E-state index contributed by atoms with van der Waals surface area (Å²) in [4.78, 5) is 14.4. The fourth-order valence-corrected chi connectivity index (χ4v) is 2.68. The molecule has 1 aliphatic rings. The number of fused-ring (bicyclic) bond motifs is 1. The number of benzene rings is 2. The molecule has 1 aliphatic heterocycles. The number of nitrogens with zero attached hydrogens (tertiary/aromatic N) is 1. The second-order valence-corrected chi connectivity index (χ2v) is 5.80. The van der Waals surface area contributed by atoms with Crippen molar-refractivity contribution in [2.45, 2.75) is 12.8 Å². The first-order valence-corrected chi connectivity index (χ1v) is 7.59. The second-order valence-electron chi connectivity index (χ2n) is 5.80. The van der Waals surface area contributed by atoms with E-state index in [0.717, 1.165) is 30.8 Å². The van der Waals surface area contributed by atoms with Gasteiger partial charge in [-0.25, -0.2) is 0 Å². The molecule has 0 aromatic heterocycles. The van der Waals surface area contributed by atoms with Crippen LogP contribution in [0.4, 0.5) is 17.1 Å². The quantitative estimate of drug-likeness (QED) is 0.912. The Hall–Kier alpha value is -2.49. The summed E-state index contributed by atoms with van der Waals surface area (Å²) in [5.74, 6) is -0.0765. The van der Waals surface area contributed by atoms with Crippen LogP contribution in [0.15, 0.2) is 42.5 Å². The Labute approximate surface area is 131 Å². The molecule has 3 rings (SSSR count). The van der Waals surface area contributed by atoms with Gasteiger partial charge in [-0.05, 0) is 54.8 Å². The van der Waals surface area contributed by atoms with E-state index in [9.17, 15) is 4.79 Å². The number of rotatable bonds is 3. The molecule has 0 radical (unpaired) electrons. The third-order valence-corrected chi connectivity index (χ3v) is 3.93. The summed E-state index contributed by atoms with van der Waals surface area (Å²) in [5.41, 5.74) is 4.98. The van der Waals surface area contributed by atoms with Crippen molar-refractivity contribution < 1.29 is 4.79 Å². The molecule has 4 nitrogen and oxygen atoms in total. The van der Waals surface area contributed by atoms with Crippen molar-refractivity contribution >= 4 is 23.0 Å². The standard InChI is InChI=1S/C18H21N3O/c1-21(2)16-7-3-5-14(12-16)18(22)20-15-8-9-17-13(11-15)6-4-10-19-17/h3,5,7-9,11-12,19H,4,6,10H2,1-2H3,(H,20,22). The molecule has 1 heterocycles. The van der Waals surface area contributed by atoms with Crippen LogP contribution < -0.4 is 15.5 Å². The second kappa shape index (κ2) is 6.10. The van der Waals surface area contributed by atoms with E-state index in [4.69, 9.17) is 0 Å². The molecule has 2 aromatic rings. The fraction of sp³-hybridized carbons (Fsp3) is 0.278. The van der Waals surface area contributed by atoms with E-state index < -0.39 is 0 Å². The van der Waals surface area contributed by atoms with Crippen LogP contribution >= 0.6 is 0 Å². The summed E-state index contributed by atoms with van der Waals surface area (Å²) in [6.45, 7) is 1.02. The molecule has 4 heteroatoms. The van der Waals surface area contributed by atoms with E-state index in [-0.39, 0.29) is 5.91 Å². The monoisotopic (exact) mass is 295 g/mol. The molecule has 0 unspecified atom stereocenters. The molecular weight excluding hydrogens is 274 g/mol. The zero-order valence-corrected chi connectivity index (χ0v) is 13.0. The largest absolute Gasteiger partial charge is 0.385 e. The number of hydrogen-bond acceptors (Lipinski definition) is 3. The summed E-state index contributed by atoms with van der Waals surface area (Å²) in [6, 6.07) is 13.7. The SMILES string of the molecule is CN(C)c1cccc(C(=O)Nc2ccc3c(c2)CCCN3)c1. The number of carbonyl (C=O) groups excluding carboxylic acids is 1. The minimum absolute atomic E-state index is 0.0765.